The number of rotatable bonds is 5. The summed E-state index contributed by atoms with van der Waals surface area (Å²) >= 11 is 3.16. The van der Waals surface area contributed by atoms with Gasteiger partial charge in [-0.3, -0.25) is 9.59 Å². The summed E-state index contributed by atoms with van der Waals surface area (Å²) in [5.41, 5.74) is 2.25. The van der Waals surface area contributed by atoms with Gasteiger partial charge in [-0.15, -0.1) is 11.3 Å². The van der Waals surface area contributed by atoms with Crippen LogP contribution in [0.4, 0.5) is 0 Å². The van der Waals surface area contributed by atoms with E-state index in [-0.39, 0.29) is 17.5 Å². The number of thiophene rings is 1. The van der Waals surface area contributed by atoms with E-state index in [1.165, 1.54) is 22.0 Å². The van der Waals surface area contributed by atoms with Crippen molar-refractivity contribution in [3.05, 3.63) is 72.7 Å². The second-order valence-corrected chi connectivity index (χ2v) is 7.22. The van der Waals surface area contributed by atoms with Crippen LogP contribution in [0.1, 0.15) is 32.7 Å². The molecule has 0 aliphatic rings. The maximum Gasteiger partial charge on any atom is 0.252 e. The highest BCUT2D eigenvalue weighted by molar-refractivity contribution is 7.09. The molecule has 0 saturated heterocycles. The largest absolute Gasteiger partial charge is 0.342 e. The number of aryl methyl sites for hydroxylation is 2. The summed E-state index contributed by atoms with van der Waals surface area (Å²) in [5.74, 6) is -0.263. The Hall–Kier alpha value is -2.25. The van der Waals surface area contributed by atoms with Crippen LogP contribution >= 0.6 is 22.7 Å². The Kier molecular flexibility index (Phi) is 4.92. The van der Waals surface area contributed by atoms with Gasteiger partial charge in [0.15, 0.2) is 0 Å². The fourth-order valence-corrected chi connectivity index (χ4v) is 3.84. The fraction of sp³-hybridized carbons (Fsp3) is 0.235. The van der Waals surface area contributed by atoms with Gasteiger partial charge < -0.3 is 9.88 Å². The second kappa shape index (κ2) is 7.11. The SMILES string of the molecule is Cc1csc(C(Cc2ccsc2)NC(=O)c2ccn(C)c(=O)c2)n1. The van der Waals surface area contributed by atoms with Crippen LogP contribution in [0.3, 0.4) is 0 Å². The van der Waals surface area contributed by atoms with E-state index < -0.39 is 0 Å². The third-order valence-electron chi connectivity index (χ3n) is 3.63. The fourth-order valence-electron chi connectivity index (χ4n) is 2.31. The third-order valence-corrected chi connectivity index (χ3v) is 5.43. The van der Waals surface area contributed by atoms with Crippen molar-refractivity contribution in [2.75, 3.05) is 0 Å². The van der Waals surface area contributed by atoms with Gasteiger partial charge in [0.1, 0.15) is 5.01 Å². The van der Waals surface area contributed by atoms with Gasteiger partial charge in [-0.05, 0) is 35.4 Å². The van der Waals surface area contributed by atoms with Gasteiger partial charge in [0.25, 0.3) is 11.5 Å². The van der Waals surface area contributed by atoms with E-state index in [0.717, 1.165) is 16.3 Å². The number of nitrogens with one attached hydrogen (secondary N) is 1. The van der Waals surface area contributed by atoms with Crippen LogP contribution in [-0.2, 0) is 13.5 Å². The summed E-state index contributed by atoms with van der Waals surface area (Å²) in [5, 5.41) is 9.94. The van der Waals surface area contributed by atoms with Gasteiger partial charge >= 0.3 is 0 Å². The Bertz CT molecular complexity index is 897. The van der Waals surface area contributed by atoms with Crippen LogP contribution in [0.5, 0.6) is 0 Å². The molecule has 0 aliphatic heterocycles. The topological polar surface area (TPSA) is 64.0 Å². The molecule has 3 heterocycles. The molecule has 0 aliphatic carbocycles. The normalized spacial score (nSPS) is 12.1. The average molecular weight is 359 g/mol. The first-order valence-electron chi connectivity index (χ1n) is 7.43. The summed E-state index contributed by atoms with van der Waals surface area (Å²) in [6.07, 6.45) is 2.27. The van der Waals surface area contributed by atoms with Gasteiger partial charge in [-0.25, -0.2) is 4.98 Å². The predicted octanol–water partition coefficient (Wildman–Crippen LogP) is 2.93. The number of pyridine rings is 1. The van der Waals surface area contributed by atoms with Crippen molar-refractivity contribution >= 4 is 28.6 Å². The number of amides is 1. The van der Waals surface area contributed by atoms with E-state index in [1.54, 1.807) is 30.6 Å². The third kappa shape index (κ3) is 3.80. The minimum absolute atomic E-state index is 0.206. The van der Waals surface area contributed by atoms with Crippen LogP contribution in [0.15, 0.2) is 45.3 Å². The number of aromatic nitrogens is 2. The summed E-state index contributed by atoms with van der Waals surface area (Å²) in [4.78, 5) is 28.8. The Morgan fingerprint density at radius 2 is 2.21 bits per heavy atom. The van der Waals surface area contributed by atoms with Crippen LogP contribution in [-0.4, -0.2) is 15.5 Å². The molecular formula is C17H17N3O2S2. The standard InChI is InChI=1S/C17H17N3O2S2/c1-11-9-24-17(18-11)14(7-12-4-6-23-10-12)19-16(22)13-3-5-20(2)15(21)8-13/h3-6,8-10,14H,7H2,1-2H3,(H,19,22). The Morgan fingerprint density at radius 3 is 2.83 bits per heavy atom. The smallest absolute Gasteiger partial charge is 0.252 e. The zero-order chi connectivity index (χ0) is 17.1. The first-order valence-corrected chi connectivity index (χ1v) is 9.26. The summed E-state index contributed by atoms with van der Waals surface area (Å²) in [6, 6.07) is 4.83. The van der Waals surface area contributed by atoms with Gasteiger partial charge in [0.05, 0.1) is 6.04 Å². The zero-order valence-corrected chi connectivity index (χ0v) is 15.0. The Labute approximate surface area is 147 Å². The highest BCUT2D eigenvalue weighted by Crippen LogP contribution is 2.23. The van der Waals surface area contributed by atoms with Crippen LogP contribution in [0.25, 0.3) is 0 Å². The predicted molar refractivity (Wildman–Crippen MR) is 96.8 cm³/mol. The van der Waals surface area contributed by atoms with Crippen molar-refractivity contribution in [3.63, 3.8) is 0 Å². The molecule has 3 rings (SSSR count). The summed E-state index contributed by atoms with van der Waals surface area (Å²) < 4.78 is 1.43. The molecule has 0 saturated carbocycles. The first-order chi connectivity index (χ1) is 11.5. The number of hydrogen-bond acceptors (Lipinski definition) is 5. The monoisotopic (exact) mass is 359 g/mol. The van der Waals surface area contributed by atoms with Crippen LogP contribution in [0.2, 0.25) is 0 Å². The quantitative estimate of drug-likeness (QED) is 0.762. The number of hydrogen-bond donors (Lipinski definition) is 1. The van der Waals surface area contributed by atoms with E-state index >= 15 is 0 Å². The summed E-state index contributed by atoms with van der Waals surface area (Å²) in [6.45, 7) is 1.93. The maximum absolute atomic E-state index is 12.5. The van der Waals surface area contributed by atoms with Crippen molar-refractivity contribution in [1.82, 2.24) is 14.9 Å². The van der Waals surface area contributed by atoms with E-state index in [2.05, 4.69) is 15.7 Å². The maximum atomic E-state index is 12.5. The molecule has 1 atom stereocenters. The molecule has 0 spiro atoms. The molecule has 24 heavy (non-hydrogen) atoms. The lowest BCUT2D eigenvalue weighted by Gasteiger charge is -2.16. The van der Waals surface area contributed by atoms with E-state index in [4.69, 9.17) is 0 Å². The van der Waals surface area contributed by atoms with E-state index in [1.807, 2.05) is 23.8 Å². The summed E-state index contributed by atoms with van der Waals surface area (Å²) in [7, 11) is 1.65. The molecule has 0 aromatic carbocycles. The average Bonchev–Trinajstić information content (AvgIpc) is 3.21. The molecule has 7 heteroatoms. The highest BCUT2D eigenvalue weighted by atomic mass is 32.1. The molecule has 5 nitrogen and oxygen atoms in total. The lowest BCUT2D eigenvalue weighted by Crippen LogP contribution is -2.31. The van der Waals surface area contributed by atoms with Crippen LogP contribution in [0, 0.1) is 6.92 Å². The minimum Gasteiger partial charge on any atom is -0.342 e. The number of carbonyl (C=O) groups excluding carboxylic acids is 1. The van der Waals surface area contributed by atoms with Gasteiger partial charge in [0, 0.05) is 42.4 Å². The lowest BCUT2D eigenvalue weighted by molar-refractivity contribution is 0.0936. The molecule has 0 bridgehead atoms. The number of thiazole rings is 1. The molecule has 124 valence electrons. The lowest BCUT2D eigenvalue weighted by atomic mass is 10.1. The molecule has 1 N–H and O–H groups in total. The Morgan fingerprint density at radius 1 is 1.38 bits per heavy atom. The molecule has 0 radical (unpaired) electrons. The van der Waals surface area contributed by atoms with Crippen molar-refractivity contribution < 1.29 is 4.79 Å². The second-order valence-electron chi connectivity index (χ2n) is 5.55. The van der Waals surface area contributed by atoms with Crippen molar-refractivity contribution in [1.29, 1.82) is 0 Å². The van der Waals surface area contributed by atoms with Crippen molar-refractivity contribution in [2.45, 2.75) is 19.4 Å². The number of carbonyl (C=O) groups is 1. The molecule has 1 amide bonds. The van der Waals surface area contributed by atoms with Crippen molar-refractivity contribution in [3.8, 4) is 0 Å². The van der Waals surface area contributed by atoms with Gasteiger partial charge in [-0.2, -0.15) is 11.3 Å². The van der Waals surface area contributed by atoms with Crippen LogP contribution < -0.4 is 10.9 Å². The molecule has 0 fully saturated rings. The molecule has 3 aromatic rings. The zero-order valence-electron chi connectivity index (χ0n) is 13.4. The molecule has 1 unspecified atom stereocenters. The molecular weight excluding hydrogens is 342 g/mol. The van der Waals surface area contributed by atoms with Gasteiger partial charge in [0.2, 0.25) is 0 Å². The molecule has 3 aromatic heterocycles. The van der Waals surface area contributed by atoms with E-state index in [9.17, 15) is 9.59 Å². The first kappa shape index (κ1) is 16.6. The van der Waals surface area contributed by atoms with Crippen molar-refractivity contribution in [2.24, 2.45) is 7.05 Å². The highest BCUT2D eigenvalue weighted by Gasteiger charge is 2.20. The minimum atomic E-state index is -0.263. The van der Waals surface area contributed by atoms with E-state index in [0.29, 0.717) is 12.0 Å². The van der Waals surface area contributed by atoms with Gasteiger partial charge in [-0.1, -0.05) is 0 Å². The Balaban J connectivity index is 1.83. The number of nitrogens with zero attached hydrogens (tertiary/aromatic N) is 2.